The summed E-state index contributed by atoms with van der Waals surface area (Å²) in [4.78, 5) is 16.2. The number of β-amino-alcohol motifs (C(OH)–C–C–N with tert-alkyl or cyclic N) is 1. The number of amides is 1. The van der Waals surface area contributed by atoms with Gasteiger partial charge in [0.1, 0.15) is 10.7 Å². The van der Waals surface area contributed by atoms with Crippen LogP contribution in [-0.2, 0) is 0 Å². The number of anilines is 1. The lowest BCUT2D eigenvalue weighted by atomic mass is 10.2. The Balaban J connectivity index is 1.72. The zero-order chi connectivity index (χ0) is 14.3. The van der Waals surface area contributed by atoms with Crippen molar-refractivity contribution in [2.75, 3.05) is 31.9 Å². The van der Waals surface area contributed by atoms with Crippen LogP contribution in [0.2, 0.25) is 5.02 Å². The van der Waals surface area contributed by atoms with E-state index in [1.54, 1.807) is 4.90 Å². The predicted octanol–water partition coefficient (Wildman–Crippen LogP) is -0.0736. The van der Waals surface area contributed by atoms with Gasteiger partial charge in [-0.25, -0.2) is 0 Å². The molecular weight excluding hydrogens is 282 g/mol. The number of rotatable bonds is 2. The lowest BCUT2D eigenvalue weighted by Crippen LogP contribution is -2.41. The van der Waals surface area contributed by atoms with E-state index in [2.05, 4.69) is 15.1 Å². The Kier molecular flexibility index (Phi) is 3.57. The Bertz CT molecular complexity index is 514. The largest absolute Gasteiger partial charge is 0.390 e. The Hall–Kier alpha value is -1.31. The topological polar surface area (TPSA) is 98.5 Å². The molecule has 4 N–H and O–H groups in total. The summed E-state index contributed by atoms with van der Waals surface area (Å²) in [5.41, 5.74) is 5.72. The maximum Gasteiger partial charge on any atom is 0.273 e. The van der Waals surface area contributed by atoms with Crippen molar-refractivity contribution in [2.45, 2.75) is 25.0 Å². The summed E-state index contributed by atoms with van der Waals surface area (Å²) < 4.78 is 0. The first-order chi connectivity index (χ1) is 9.58. The zero-order valence-electron chi connectivity index (χ0n) is 11.0. The molecule has 7 nitrogen and oxygen atoms in total. The van der Waals surface area contributed by atoms with Crippen molar-refractivity contribution in [2.24, 2.45) is 0 Å². The number of halogens is 1. The summed E-state index contributed by atoms with van der Waals surface area (Å²) >= 11 is 5.94. The molecular formula is C12H18ClN5O2. The number of aromatic amines is 1. The number of hydrogen-bond acceptors (Lipinski definition) is 5. The highest BCUT2D eigenvalue weighted by atomic mass is 35.5. The quantitative estimate of drug-likeness (QED) is 0.710. The Morgan fingerprint density at radius 3 is 2.70 bits per heavy atom. The van der Waals surface area contributed by atoms with E-state index >= 15 is 0 Å². The summed E-state index contributed by atoms with van der Waals surface area (Å²) in [6, 6.07) is 0.0143. The fourth-order valence-electron chi connectivity index (χ4n) is 3.01. The van der Waals surface area contributed by atoms with Gasteiger partial charge in [0.2, 0.25) is 0 Å². The van der Waals surface area contributed by atoms with Gasteiger partial charge in [-0.3, -0.25) is 14.8 Å². The molecule has 2 atom stereocenters. The molecule has 3 heterocycles. The number of carbonyl (C=O) groups is 1. The molecule has 2 saturated heterocycles. The number of aliphatic hydroxyl groups excluding tert-OH is 1. The van der Waals surface area contributed by atoms with Gasteiger partial charge >= 0.3 is 0 Å². The van der Waals surface area contributed by atoms with Crippen LogP contribution in [0.5, 0.6) is 0 Å². The average Bonchev–Trinajstić information content (AvgIpc) is 3.12. The normalized spacial score (nSPS) is 27.4. The van der Waals surface area contributed by atoms with E-state index in [4.69, 9.17) is 17.3 Å². The summed E-state index contributed by atoms with van der Waals surface area (Å²) in [6.45, 7) is 2.80. The van der Waals surface area contributed by atoms with Crippen LogP contribution in [0.1, 0.15) is 23.3 Å². The van der Waals surface area contributed by atoms with Crippen molar-refractivity contribution in [1.82, 2.24) is 20.0 Å². The standard InChI is InChI=1S/C12H18ClN5O2/c13-9-10(15-16-11(9)14)12(20)18-5-7(8(19)6-18)17-3-1-2-4-17/h7-8,19H,1-6H2,(H3,14,15,16)/t7-,8-/m0/s1. The molecule has 0 aliphatic carbocycles. The summed E-state index contributed by atoms with van der Waals surface area (Å²) in [5.74, 6) is -0.147. The average molecular weight is 300 g/mol. The van der Waals surface area contributed by atoms with Crippen LogP contribution >= 0.6 is 11.6 Å². The fourth-order valence-corrected chi connectivity index (χ4v) is 3.17. The van der Waals surface area contributed by atoms with E-state index in [-0.39, 0.29) is 28.5 Å². The molecule has 3 rings (SSSR count). The molecule has 0 bridgehead atoms. The fraction of sp³-hybridized carbons (Fsp3) is 0.667. The number of likely N-dealkylation sites (tertiary alicyclic amines) is 2. The second-order valence-corrected chi connectivity index (χ2v) is 5.76. The van der Waals surface area contributed by atoms with Gasteiger partial charge in [0.25, 0.3) is 5.91 Å². The molecule has 1 amide bonds. The van der Waals surface area contributed by atoms with Crippen molar-refractivity contribution in [1.29, 1.82) is 0 Å². The number of H-pyrrole nitrogens is 1. The lowest BCUT2D eigenvalue weighted by molar-refractivity contribution is 0.0757. The molecule has 0 radical (unpaired) electrons. The molecule has 0 aromatic carbocycles. The number of nitrogens with one attached hydrogen (secondary N) is 1. The Morgan fingerprint density at radius 1 is 1.40 bits per heavy atom. The van der Waals surface area contributed by atoms with Gasteiger partial charge in [-0.1, -0.05) is 11.6 Å². The third-order valence-corrected chi connectivity index (χ3v) is 4.48. The first-order valence-corrected chi connectivity index (χ1v) is 7.16. The third-order valence-electron chi connectivity index (χ3n) is 4.10. The summed E-state index contributed by atoms with van der Waals surface area (Å²) in [6.07, 6.45) is 1.79. The van der Waals surface area contributed by atoms with E-state index < -0.39 is 6.10 Å². The molecule has 2 aliphatic heterocycles. The van der Waals surface area contributed by atoms with Gasteiger partial charge < -0.3 is 15.7 Å². The van der Waals surface area contributed by atoms with Gasteiger partial charge in [-0.05, 0) is 25.9 Å². The Morgan fingerprint density at radius 2 is 2.10 bits per heavy atom. The van der Waals surface area contributed by atoms with E-state index in [1.165, 1.54) is 0 Å². The molecule has 20 heavy (non-hydrogen) atoms. The summed E-state index contributed by atoms with van der Waals surface area (Å²) in [7, 11) is 0. The van der Waals surface area contributed by atoms with Crippen molar-refractivity contribution in [3.8, 4) is 0 Å². The van der Waals surface area contributed by atoms with E-state index in [1.807, 2.05) is 0 Å². The number of aliphatic hydroxyl groups is 1. The van der Waals surface area contributed by atoms with Crippen molar-refractivity contribution < 1.29 is 9.90 Å². The van der Waals surface area contributed by atoms with Crippen LogP contribution in [0.15, 0.2) is 0 Å². The molecule has 2 fully saturated rings. The highest BCUT2D eigenvalue weighted by Crippen LogP contribution is 2.25. The third kappa shape index (κ3) is 2.25. The number of nitrogens with two attached hydrogens (primary N) is 1. The highest BCUT2D eigenvalue weighted by Gasteiger charge is 2.39. The van der Waals surface area contributed by atoms with Crippen molar-refractivity contribution in [3.05, 3.63) is 10.7 Å². The second kappa shape index (κ2) is 5.23. The minimum Gasteiger partial charge on any atom is -0.390 e. The van der Waals surface area contributed by atoms with Gasteiger partial charge in [0.15, 0.2) is 5.82 Å². The zero-order valence-corrected chi connectivity index (χ0v) is 11.8. The maximum atomic E-state index is 12.4. The van der Waals surface area contributed by atoms with Crippen LogP contribution in [0.4, 0.5) is 5.82 Å². The molecule has 2 aliphatic rings. The second-order valence-electron chi connectivity index (χ2n) is 5.39. The molecule has 0 saturated carbocycles. The van der Waals surface area contributed by atoms with E-state index in [0.717, 1.165) is 25.9 Å². The van der Waals surface area contributed by atoms with Gasteiger partial charge in [0.05, 0.1) is 12.1 Å². The van der Waals surface area contributed by atoms with Crippen LogP contribution < -0.4 is 5.73 Å². The SMILES string of the molecule is Nc1n[nH]c(C(=O)N2C[C@H](O)[C@@H](N3CCCC3)C2)c1Cl. The lowest BCUT2D eigenvalue weighted by Gasteiger charge is -2.25. The number of carbonyl (C=O) groups excluding carboxylic acids is 1. The molecule has 110 valence electrons. The first kappa shape index (κ1) is 13.7. The molecule has 1 aromatic rings. The highest BCUT2D eigenvalue weighted by molar-refractivity contribution is 6.35. The number of hydrogen-bond donors (Lipinski definition) is 3. The predicted molar refractivity (Wildman–Crippen MR) is 74.5 cm³/mol. The molecule has 0 spiro atoms. The smallest absolute Gasteiger partial charge is 0.273 e. The van der Waals surface area contributed by atoms with E-state index in [9.17, 15) is 9.90 Å². The van der Waals surface area contributed by atoms with Crippen LogP contribution in [-0.4, -0.2) is 69.3 Å². The monoisotopic (exact) mass is 299 g/mol. The molecule has 8 heteroatoms. The molecule has 1 aromatic heterocycles. The number of nitrogen functional groups attached to an aromatic ring is 1. The first-order valence-electron chi connectivity index (χ1n) is 6.78. The number of nitrogens with zero attached hydrogens (tertiary/aromatic N) is 3. The van der Waals surface area contributed by atoms with Gasteiger partial charge in [-0.2, -0.15) is 5.10 Å². The van der Waals surface area contributed by atoms with Crippen LogP contribution in [0.3, 0.4) is 0 Å². The minimum atomic E-state index is -0.518. The summed E-state index contributed by atoms with van der Waals surface area (Å²) in [5, 5.41) is 16.6. The maximum absolute atomic E-state index is 12.4. The van der Waals surface area contributed by atoms with Crippen LogP contribution in [0.25, 0.3) is 0 Å². The van der Waals surface area contributed by atoms with E-state index in [0.29, 0.717) is 13.1 Å². The van der Waals surface area contributed by atoms with Gasteiger partial charge in [0, 0.05) is 13.1 Å². The van der Waals surface area contributed by atoms with Crippen molar-refractivity contribution in [3.63, 3.8) is 0 Å². The van der Waals surface area contributed by atoms with Gasteiger partial charge in [-0.15, -0.1) is 0 Å². The van der Waals surface area contributed by atoms with Crippen LogP contribution in [0, 0.1) is 0 Å². The Labute approximate surface area is 121 Å². The van der Waals surface area contributed by atoms with Crippen molar-refractivity contribution >= 4 is 23.3 Å². The minimum absolute atomic E-state index is 0.0143. The number of aromatic nitrogens is 2. The molecule has 0 unspecified atom stereocenters.